The van der Waals surface area contributed by atoms with E-state index in [2.05, 4.69) is 46.3 Å². The number of amides is 1. The maximum absolute atomic E-state index is 13.0. The Kier molecular flexibility index (Phi) is 8.54. The van der Waals surface area contributed by atoms with Gasteiger partial charge in [-0.2, -0.15) is 0 Å². The number of pyridine rings is 1. The van der Waals surface area contributed by atoms with E-state index in [1.807, 2.05) is 67.6 Å². The average molecular weight is 521 g/mol. The molecule has 1 fully saturated rings. The Morgan fingerprint density at radius 1 is 0.923 bits per heavy atom. The highest BCUT2D eigenvalue weighted by atomic mass is 16.5. The maximum atomic E-state index is 13.0. The second kappa shape index (κ2) is 12.6. The van der Waals surface area contributed by atoms with Crippen molar-refractivity contribution in [2.75, 3.05) is 43.0 Å². The van der Waals surface area contributed by atoms with Gasteiger partial charge in [0.05, 0.1) is 18.5 Å². The number of nitrogens with one attached hydrogen (secondary N) is 1. The third-order valence-corrected chi connectivity index (χ3v) is 7.17. The standard InChI is InChI=1S/C33H36N4O2/c1-3-39-31-13-8-7-12-28(31)24-36-18-9-19-37(21-20-36)32-17-16-29(23-34-32)35-33(38)27-15-14-25(2)30(22-27)26-10-5-4-6-11-26/h4-8,10-17,22-23H,3,9,18-21,24H2,1-2H3,(H,35,38). The molecule has 0 spiro atoms. The summed E-state index contributed by atoms with van der Waals surface area (Å²) >= 11 is 0. The molecule has 0 bridgehead atoms. The molecular weight excluding hydrogens is 484 g/mol. The van der Waals surface area contributed by atoms with Crippen LogP contribution in [0.15, 0.2) is 91.1 Å². The number of rotatable bonds is 8. The lowest BCUT2D eigenvalue weighted by molar-refractivity contribution is 0.102. The van der Waals surface area contributed by atoms with E-state index < -0.39 is 0 Å². The highest BCUT2D eigenvalue weighted by Gasteiger charge is 2.18. The summed E-state index contributed by atoms with van der Waals surface area (Å²) in [4.78, 5) is 22.5. The lowest BCUT2D eigenvalue weighted by atomic mass is 9.98. The summed E-state index contributed by atoms with van der Waals surface area (Å²) in [6, 6.07) is 28.2. The van der Waals surface area contributed by atoms with Gasteiger partial charge in [-0.15, -0.1) is 0 Å². The molecule has 6 nitrogen and oxygen atoms in total. The molecule has 3 aromatic carbocycles. The molecule has 0 unspecified atom stereocenters. The number of hydrogen-bond donors (Lipinski definition) is 1. The number of anilines is 2. The zero-order chi connectivity index (χ0) is 27.0. The van der Waals surface area contributed by atoms with Gasteiger partial charge in [-0.25, -0.2) is 4.98 Å². The Morgan fingerprint density at radius 2 is 1.74 bits per heavy atom. The first kappa shape index (κ1) is 26.4. The summed E-state index contributed by atoms with van der Waals surface area (Å²) in [5, 5.41) is 3.01. The van der Waals surface area contributed by atoms with Crippen LogP contribution in [-0.4, -0.2) is 48.6 Å². The molecule has 200 valence electrons. The van der Waals surface area contributed by atoms with E-state index in [4.69, 9.17) is 9.72 Å². The highest BCUT2D eigenvalue weighted by molar-refractivity contribution is 6.05. The second-order valence-corrected chi connectivity index (χ2v) is 9.91. The van der Waals surface area contributed by atoms with Crippen LogP contribution < -0.4 is 15.0 Å². The van der Waals surface area contributed by atoms with E-state index in [0.717, 1.165) is 67.4 Å². The Bertz CT molecular complexity index is 1390. The Balaban J connectivity index is 1.20. The van der Waals surface area contributed by atoms with Crippen molar-refractivity contribution in [3.05, 3.63) is 108 Å². The molecule has 0 radical (unpaired) electrons. The van der Waals surface area contributed by atoms with E-state index in [9.17, 15) is 4.79 Å². The van der Waals surface area contributed by atoms with Crippen molar-refractivity contribution in [3.8, 4) is 16.9 Å². The predicted molar refractivity (Wildman–Crippen MR) is 159 cm³/mol. The number of aromatic nitrogens is 1. The molecule has 0 atom stereocenters. The third kappa shape index (κ3) is 6.65. The molecule has 1 saturated heterocycles. The van der Waals surface area contributed by atoms with Crippen molar-refractivity contribution in [2.45, 2.75) is 26.8 Å². The summed E-state index contributed by atoms with van der Waals surface area (Å²) in [5.41, 5.74) is 5.85. The number of carbonyl (C=O) groups is 1. The molecular formula is C33H36N4O2. The van der Waals surface area contributed by atoms with Gasteiger partial charge in [-0.1, -0.05) is 54.6 Å². The van der Waals surface area contributed by atoms with Crippen LogP contribution in [0.5, 0.6) is 5.75 Å². The van der Waals surface area contributed by atoms with Crippen molar-refractivity contribution in [1.29, 1.82) is 0 Å². The minimum absolute atomic E-state index is 0.139. The normalized spacial score (nSPS) is 14.1. The zero-order valence-electron chi connectivity index (χ0n) is 22.8. The van der Waals surface area contributed by atoms with Crippen molar-refractivity contribution in [3.63, 3.8) is 0 Å². The Hall–Kier alpha value is -4.16. The molecule has 1 N–H and O–H groups in total. The number of nitrogens with zero attached hydrogens (tertiary/aromatic N) is 3. The predicted octanol–water partition coefficient (Wildman–Crippen LogP) is 6.42. The van der Waals surface area contributed by atoms with Crippen LogP contribution >= 0.6 is 0 Å². The number of carbonyl (C=O) groups excluding carboxylic acids is 1. The third-order valence-electron chi connectivity index (χ3n) is 7.17. The van der Waals surface area contributed by atoms with Crippen molar-refractivity contribution >= 4 is 17.4 Å². The van der Waals surface area contributed by atoms with Crippen LogP contribution in [0.4, 0.5) is 11.5 Å². The van der Waals surface area contributed by atoms with E-state index >= 15 is 0 Å². The van der Waals surface area contributed by atoms with Gasteiger partial charge in [0, 0.05) is 43.9 Å². The topological polar surface area (TPSA) is 57.7 Å². The number of benzene rings is 3. The number of para-hydroxylation sites is 1. The van der Waals surface area contributed by atoms with Gasteiger partial charge in [0.15, 0.2) is 0 Å². The number of aryl methyl sites for hydroxylation is 1. The van der Waals surface area contributed by atoms with E-state index in [1.54, 1.807) is 6.20 Å². The highest BCUT2D eigenvalue weighted by Crippen LogP contribution is 2.25. The molecule has 1 aliphatic rings. The van der Waals surface area contributed by atoms with Gasteiger partial charge in [0.1, 0.15) is 11.6 Å². The molecule has 1 amide bonds. The fourth-order valence-corrected chi connectivity index (χ4v) is 5.07. The van der Waals surface area contributed by atoms with Crippen LogP contribution in [0, 0.1) is 6.92 Å². The van der Waals surface area contributed by atoms with Crippen LogP contribution in [0.25, 0.3) is 11.1 Å². The van der Waals surface area contributed by atoms with E-state index in [-0.39, 0.29) is 5.91 Å². The summed E-state index contributed by atoms with van der Waals surface area (Å²) in [6.07, 6.45) is 2.81. The van der Waals surface area contributed by atoms with E-state index in [1.165, 1.54) is 5.56 Å². The molecule has 2 heterocycles. The second-order valence-electron chi connectivity index (χ2n) is 9.91. The first-order valence-electron chi connectivity index (χ1n) is 13.7. The van der Waals surface area contributed by atoms with Crippen LogP contribution in [-0.2, 0) is 6.54 Å². The SMILES string of the molecule is CCOc1ccccc1CN1CCCN(c2ccc(NC(=O)c3ccc(C)c(-c4ccccc4)c3)cn2)CC1. The number of ether oxygens (including phenoxy) is 1. The fraction of sp³-hybridized carbons (Fsp3) is 0.273. The molecule has 6 heteroatoms. The summed E-state index contributed by atoms with van der Waals surface area (Å²) < 4.78 is 5.82. The van der Waals surface area contributed by atoms with Gasteiger partial charge in [0.2, 0.25) is 0 Å². The van der Waals surface area contributed by atoms with Crippen molar-refractivity contribution < 1.29 is 9.53 Å². The fourth-order valence-electron chi connectivity index (χ4n) is 5.07. The van der Waals surface area contributed by atoms with Gasteiger partial charge in [-0.05, 0) is 67.3 Å². The summed E-state index contributed by atoms with van der Waals surface area (Å²) in [5.74, 6) is 1.77. The van der Waals surface area contributed by atoms with Crippen LogP contribution in [0.1, 0.15) is 34.8 Å². The first-order valence-corrected chi connectivity index (χ1v) is 13.7. The smallest absolute Gasteiger partial charge is 0.255 e. The molecule has 1 aliphatic heterocycles. The molecule has 0 saturated carbocycles. The van der Waals surface area contributed by atoms with Crippen molar-refractivity contribution in [2.24, 2.45) is 0 Å². The van der Waals surface area contributed by atoms with Gasteiger partial charge >= 0.3 is 0 Å². The van der Waals surface area contributed by atoms with Gasteiger partial charge in [0.25, 0.3) is 5.91 Å². The monoisotopic (exact) mass is 520 g/mol. The summed E-state index contributed by atoms with van der Waals surface area (Å²) in [7, 11) is 0. The van der Waals surface area contributed by atoms with Gasteiger partial charge < -0.3 is 15.0 Å². The minimum atomic E-state index is -0.139. The zero-order valence-corrected chi connectivity index (χ0v) is 22.8. The maximum Gasteiger partial charge on any atom is 0.255 e. The summed E-state index contributed by atoms with van der Waals surface area (Å²) in [6.45, 7) is 9.49. The van der Waals surface area contributed by atoms with Crippen molar-refractivity contribution in [1.82, 2.24) is 9.88 Å². The largest absolute Gasteiger partial charge is 0.494 e. The van der Waals surface area contributed by atoms with Crippen LogP contribution in [0.3, 0.4) is 0 Å². The van der Waals surface area contributed by atoms with Crippen LogP contribution in [0.2, 0.25) is 0 Å². The molecule has 39 heavy (non-hydrogen) atoms. The first-order chi connectivity index (χ1) is 19.1. The number of hydrogen-bond acceptors (Lipinski definition) is 5. The Labute approximate surface area is 231 Å². The molecule has 0 aliphatic carbocycles. The average Bonchev–Trinajstić information content (AvgIpc) is 3.21. The van der Waals surface area contributed by atoms with Gasteiger partial charge in [-0.3, -0.25) is 9.69 Å². The lowest BCUT2D eigenvalue weighted by Crippen LogP contribution is -2.31. The quantitative estimate of drug-likeness (QED) is 0.291. The minimum Gasteiger partial charge on any atom is -0.494 e. The Morgan fingerprint density at radius 3 is 2.54 bits per heavy atom. The lowest BCUT2D eigenvalue weighted by Gasteiger charge is -2.23. The molecule has 5 rings (SSSR count). The molecule has 1 aromatic heterocycles. The molecule has 4 aromatic rings. The van der Waals surface area contributed by atoms with E-state index in [0.29, 0.717) is 17.9 Å².